The zero-order chi connectivity index (χ0) is 40.7. The third kappa shape index (κ3) is 8.59. The summed E-state index contributed by atoms with van der Waals surface area (Å²) in [5, 5.41) is 0. The average Bonchev–Trinajstić information content (AvgIpc) is 3.40. The van der Waals surface area contributed by atoms with Crippen LogP contribution < -0.4 is 0 Å². The van der Waals surface area contributed by atoms with E-state index in [2.05, 4.69) is 33.8 Å². The smallest absolute Gasteiger partial charge is 0.303 e. The average molecular weight is 786 g/mol. The number of allylic oxidation sites excluding steroid dienone is 1. The molecule has 13 nitrogen and oxygen atoms in total. The first-order valence-electron chi connectivity index (χ1n) is 20.8. The first-order chi connectivity index (χ1) is 26.4. The number of carbonyl (C=O) groups is 5. The summed E-state index contributed by atoms with van der Waals surface area (Å²) in [7, 11) is 0. The maximum atomic E-state index is 12.5. The molecule has 0 aromatic heterocycles. The van der Waals surface area contributed by atoms with Crippen LogP contribution in [0.4, 0.5) is 0 Å². The molecule has 0 aromatic carbocycles. The molecule has 2 aliphatic heterocycles. The maximum absolute atomic E-state index is 12.5. The van der Waals surface area contributed by atoms with Crippen LogP contribution >= 0.6 is 0 Å². The van der Waals surface area contributed by atoms with Gasteiger partial charge in [-0.25, -0.2) is 0 Å². The Bertz CT molecular complexity index is 1590. The van der Waals surface area contributed by atoms with Crippen LogP contribution in [0, 0.1) is 46.3 Å². The summed E-state index contributed by atoms with van der Waals surface area (Å²) in [4.78, 5) is 66.3. The Morgan fingerprint density at radius 2 is 1.50 bits per heavy atom. The van der Waals surface area contributed by atoms with Crippen molar-refractivity contribution in [2.45, 2.75) is 163 Å². The third-order valence-corrected chi connectivity index (χ3v) is 14.3. The Morgan fingerprint density at radius 1 is 0.839 bits per heavy atom. The van der Waals surface area contributed by atoms with E-state index in [1.165, 1.54) is 45.9 Å². The molecule has 0 spiro atoms. The van der Waals surface area contributed by atoms with Crippen LogP contribution in [0.2, 0.25) is 0 Å². The molecule has 0 radical (unpaired) electrons. The fourth-order valence-corrected chi connectivity index (χ4v) is 11.9. The molecule has 0 bridgehead atoms. The minimum atomic E-state index is -1.28. The summed E-state index contributed by atoms with van der Waals surface area (Å²) in [6.45, 7) is 16.4. The van der Waals surface area contributed by atoms with Gasteiger partial charge in [-0.2, -0.15) is 0 Å². The molecule has 0 amide bonds. The molecular weight excluding hydrogens is 722 g/mol. The van der Waals surface area contributed by atoms with Crippen LogP contribution in [0.5, 0.6) is 0 Å². The van der Waals surface area contributed by atoms with Gasteiger partial charge in [0.1, 0.15) is 18.8 Å². The predicted octanol–water partition coefficient (Wildman–Crippen LogP) is 6.08. The van der Waals surface area contributed by atoms with Gasteiger partial charge in [0.2, 0.25) is 0 Å². The Hall–Kier alpha value is -3.32. The number of nitrogens with zero attached hydrogens (tertiary/aromatic N) is 1. The Kier molecular flexibility index (Phi) is 12.7. The zero-order valence-corrected chi connectivity index (χ0v) is 34.7. The van der Waals surface area contributed by atoms with E-state index in [-0.39, 0.29) is 47.4 Å². The van der Waals surface area contributed by atoms with Gasteiger partial charge in [0, 0.05) is 58.7 Å². The van der Waals surface area contributed by atoms with E-state index in [0.717, 1.165) is 51.5 Å². The highest BCUT2D eigenvalue weighted by Gasteiger charge is 2.63. The minimum Gasteiger partial charge on any atom is -0.463 e. The van der Waals surface area contributed by atoms with E-state index >= 15 is 0 Å². The lowest BCUT2D eigenvalue weighted by Gasteiger charge is -2.58. The van der Waals surface area contributed by atoms with Crippen LogP contribution in [0.3, 0.4) is 0 Å². The standard InChI is InChI=1S/C43H63NO12/c1-22-10-13-34(44-20-22)23(2)37-35(51-25(4)46)19-33-31-12-11-29-18-30(14-16-42(29,8)32(31)15-17-43(33,37)9)55-41-40(54-28(7)49)39(53-27(6)48)38(52-26(5)47)36(56-41)21-50-24(3)45/h11,22-23,30-33,35-41H,10,12-21H2,1-9H3. The van der Waals surface area contributed by atoms with Crippen LogP contribution in [0.1, 0.15) is 120 Å². The number of carbonyl (C=O) groups excluding carboxylic acids is 5. The molecule has 0 N–H and O–H groups in total. The van der Waals surface area contributed by atoms with Crippen LogP contribution in [0.25, 0.3) is 0 Å². The van der Waals surface area contributed by atoms with Crippen LogP contribution in [0.15, 0.2) is 16.6 Å². The van der Waals surface area contributed by atoms with Gasteiger partial charge in [0.25, 0.3) is 0 Å². The van der Waals surface area contributed by atoms with Gasteiger partial charge in [-0.05, 0) is 92.3 Å². The molecule has 4 fully saturated rings. The van der Waals surface area contributed by atoms with Crippen molar-refractivity contribution in [3.05, 3.63) is 11.6 Å². The number of esters is 5. The SMILES string of the molecule is CC(=O)OCC1OC(OC2CCC3(C)C(=CCC4C3CCC3(C)C4CC(OC(C)=O)C3C(C)C3=NCC(C)CC3)C2)C(OC(C)=O)C(OC(C)=O)C1OC(C)=O. The third-order valence-electron chi connectivity index (χ3n) is 14.3. The lowest BCUT2D eigenvalue weighted by Crippen LogP contribution is -2.63. The molecule has 2 heterocycles. The van der Waals surface area contributed by atoms with Crippen molar-refractivity contribution in [1.82, 2.24) is 0 Å². The molecule has 15 atom stereocenters. The molecule has 13 heteroatoms. The van der Waals surface area contributed by atoms with Gasteiger partial charge >= 0.3 is 29.8 Å². The van der Waals surface area contributed by atoms with Crippen molar-refractivity contribution in [3.63, 3.8) is 0 Å². The summed E-state index contributed by atoms with van der Waals surface area (Å²) in [6.07, 6.45) is 4.33. The summed E-state index contributed by atoms with van der Waals surface area (Å²) >= 11 is 0. The second kappa shape index (κ2) is 16.9. The fourth-order valence-electron chi connectivity index (χ4n) is 11.9. The molecule has 0 aromatic rings. The number of hydrogen-bond donors (Lipinski definition) is 0. The van der Waals surface area contributed by atoms with E-state index in [1.807, 2.05) is 0 Å². The lowest BCUT2D eigenvalue weighted by atomic mass is 9.47. The molecule has 3 saturated carbocycles. The molecule has 312 valence electrons. The molecule has 15 unspecified atom stereocenters. The molecule has 6 aliphatic rings. The number of aliphatic imine (C=N–C) groups is 1. The summed E-state index contributed by atoms with van der Waals surface area (Å²) in [6, 6.07) is 0. The first kappa shape index (κ1) is 42.3. The Balaban J connectivity index is 1.23. The summed E-state index contributed by atoms with van der Waals surface area (Å²) in [5.41, 5.74) is 2.62. The van der Waals surface area contributed by atoms with Crippen molar-refractivity contribution in [2.75, 3.05) is 13.2 Å². The van der Waals surface area contributed by atoms with E-state index in [1.54, 1.807) is 0 Å². The summed E-state index contributed by atoms with van der Waals surface area (Å²) < 4.78 is 41.2. The molecule has 56 heavy (non-hydrogen) atoms. The van der Waals surface area contributed by atoms with Gasteiger partial charge in [0.05, 0.1) is 6.10 Å². The van der Waals surface area contributed by atoms with E-state index in [9.17, 15) is 24.0 Å². The molecule has 6 rings (SSSR count). The lowest BCUT2D eigenvalue weighted by molar-refractivity contribution is -0.318. The number of hydrogen-bond acceptors (Lipinski definition) is 13. The highest BCUT2D eigenvalue weighted by atomic mass is 16.7. The van der Waals surface area contributed by atoms with Crippen molar-refractivity contribution < 1.29 is 57.1 Å². The van der Waals surface area contributed by atoms with Crippen molar-refractivity contribution in [2.24, 2.45) is 51.3 Å². The number of rotatable bonds is 10. The maximum Gasteiger partial charge on any atom is 0.303 e. The Morgan fingerprint density at radius 3 is 2.12 bits per heavy atom. The highest BCUT2D eigenvalue weighted by molar-refractivity contribution is 5.87. The van der Waals surface area contributed by atoms with Gasteiger partial charge in [-0.3, -0.25) is 29.0 Å². The summed E-state index contributed by atoms with van der Waals surface area (Å²) in [5.74, 6) is -0.375. The monoisotopic (exact) mass is 785 g/mol. The zero-order valence-electron chi connectivity index (χ0n) is 34.7. The van der Waals surface area contributed by atoms with E-state index in [4.69, 9.17) is 38.2 Å². The first-order valence-corrected chi connectivity index (χ1v) is 20.8. The highest BCUT2D eigenvalue weighted by Crippen LogP contribution is 2.68. The van der Waals surface area contributed by atoms with Gasteiger partial charge < -0.3 is 33.2 Å². The largest absolute Gasteiger partial charge is 0.463 e. The number of fused-ring (bicyclic) bond motifs is 5. The predicted molar refractivity (Wildman–Crippen MR) is 203 cm³/mol. The number of ether oxygens (including phenoxy) is 7. The quantitative estimate of drug-likeness (QED) is 0.143. The van der Waals surface area contributed by atoms with Crippen LogP contribution in [-0.2, 0) is 57.1 Å². The van der Waals surface area contributed by atoms with Crippen molar-refractivity contribution in [3.8, 4) is 0 Å². The van der Waals surface area contributed by atoms with E-state index in [0.29, 0.717) is 36.5 Å². The van der Waals surface area contributed by atoms with Gasteiger partial charge in [0.15, 0.2) is 24.6 Å². The van der Waals surface area contributed by atoms with Crippen LogP contribution in [-0.4, -0.2) is 91.6 Å². The van der Waals surface area contributed by atoms with Crippen molar-refractivity contribution >= 4 is 35.6 Å². The van der Waals surface area contributed by atoms with E-state index < -0.39 is 54.6 Å². The van der Waals surface area contributed by atoms with Crippen molar-refractivity contribution in [1.29, 1.82) is 0 Å². The molecule has 1 saturated heterocycles. The van der Waals surface area contributed by atoms with Gasteiger partial charge in [-0.1, -0.05) is 39.3 Å². The molecule has 4 aliphatic carbocycles. The molecular formula is C43H63NO12. The topological polar surface area (TPSA) is 162 Å². The van der Waals surface area contributed by atoms with Gasteiger partial charge in [-0.15, -0.1) is 0 Å². The minimum absolute atomic E-state index is 0.0312. The second-order valence-corrected chi connectivity index (χ2v) is 18.0. The second-order valence-electron chi connectivity index (χ2n) is 18.0. The fraction of sp³-hybridized carbons (Fsp3) is 0.814. The Labute approximate surface area is 331 Å². The normalized spacial score (nSPS) is 40.9.